The van der Waals surface area contributed by atoms with E-state index in [0.717, 1.165) is 37.2 Å². The van der Waals surface area contributed by atoms with Crippen molar-refractivity contribution in [2.45, 2.75) is 33.2 Å². The summed E-state index contributed by atoms with van der Waals surface area (Å²) in [7, 11) is 0. The van der Waals surface area contributed by atoms with Crippen molar-refractivity contribution in [1.29, 1.82) is 0 Å². The fraction of sp³-hybridized carbons (Fsp3) is 0.571. The third-order valence-corrected chi connectivity index (χ3v) is 3.29. The number of nitrogens with two attached hydrogens (primary N) is 1. The molecule has 2 N–H and O–H groups in total. The number of benzene rings is 1. The first-order chi connectivity index (χ1) is 8.08. The fourth-order valence-corrected chi connectivity index (χ4v) is 2.03. The van der Waals surface area contributed by atoms with E-state index in [0.29, 0.717) is 0 Å². The largest absolute Gasteiger partial charge is 0.324 e. The van der Waals surface area contributed by atoms with Crippen LogP contribution in [0.2, 0.25) is 0 Å². The quantitative estimate of drug-likeness (QED) is 0.825. The molecule has 1 rings (SSSR count). The van der Waals surface area contributed by atoms with Crippen LogP contribution >= 0.6 is 0 Å². The molecule has 0 aliphatic heterocycles. The van der Waals surface area contributed by atoms with Gasteiger partial charge in [-0.05, 0) is 56.2 Å². The van der Waals surface area contributed by atoms with Gasteiger partial charge in [0.25, 0.3) is 0 Å². The molecule has 3 heteroatoms. The first kappa shape index (κ1) is 14.1. The number of halogens is 1. The summed E-state index contributed by atoms with van der Waals surface area (Å²) < 4.78 is 13.2. The van der Waals surface area contributed by atoms with Crippen molar-refractivity contribution in [3.05, 3.63) is 35.1 Å². The lowest BCUT2D eigenvalue weighted by atomic mass is 9.99. The summed E-state index contributed by atoms with van der Waals surface area (Å²) in [6.07, 6.45) is 0.867. The van der Waals surface area contributed by atoms with Gasteiger partial charge in [0.05, 0.1) is 0 Å². The Kier molecular flexibility index (Phi) is 5.59. The summed E-state index contributed by atoms with van der Waals surface area (Å²) in [6, 6.07) is 4.76. The van der Waals surface area contributed by atoms with E-state index in [1.54, 1.807) is 12.1 Å². The van der Waals surface area contributed by atoms with Crippen LogP contribution in [0.4, 0.5) is 4.39 Å². The zero-order chi connectivity index (χ0) is 12.8. The van der Waals surface area contributed by atoms with Crippen molar-refractivity contribution in [1.82, 2.24) is 4.90 Å². The predicted molar refractivity (Wildman–Crippen MR) is 70.5 cm³/mol. The highest BCUT2D eigenvalue weighted by Crippen LogP contribution is 2.19. The van der Waals surface area contributed by atoms with Crippen LogP contribution < -0.4 is 5.73 Å². The summed E-state index contributed by atoms with van der Waals surface area (Å²) in [5.41, 5.74) is 8.13. The maximum Gasteiger partial charge on any atom is 0.123 e. The van der Waals surface area contributed by atoms with Gasteiger partial charge in [0.15, 0.2) is 0 Å². The van der Waals surface area contributed by atoms with Crippen LogP contribution in [0.5, 0.6) is 0 Å². The zero-order valence-electron chi connectivity index (χ0n) is 11.0. The molecule has 0 aliphatic carbocycles. The highest BCUT2D eigenvalue weighted by Gasteiger charge is 2.11. The maximum absolute atomic E-state index is 13.2. The standard InChI is InChI=1S/C14H23FN2/c1-4-17(5-2)9-8-14(16)13-10-12(15)7-6-11(13)3/h6-7,10,14H,4-5,8-9,16H2,1-3H3. The molecule has 0 amide bonds. The minimum Gasteiger partial charge on any atom is -0.324 e. The van der Waals surface area contributed by atoms with Crippen LogP contribution in [-0.2, 0) is 0 Å². The lowest BCUT2D eigenvalue weighted by Gasteiger charge is -2.21. The number of nitrogens with zero attached hydrogens (tertiary/aromatic N) is 1. The molecule has 0 bridgehead atoms. The zero-order valence-corrected chi connectivity index (χ0v) is 11.0. The Morgan fingerprint density at radius 1 is 1.29 bits per heavy atom. The van der Waals surface area contributed by atoms with Crippen molar-refractivity contribution in [3.63, 3.8) is 0 Å². The van der Waals surface area contributed by atoms with E-state index in [2.05, 4.69) is 18.7 Å². The van der Waals surface area contributed by atoms with Crippen LogP contribution in [-0.4, -0.2) is 24.5 Å². The van der Waals surface area contributed by atoms with Crippen LogP contribution in [0.3, 0.4) is 0 Å². The molecule has 0 aliphatic rings. The Labute approximate surface area is 104 Å². The first-order valence-electron chi connectivity index (χ1n) is 6.32. The Bertz CT molecular complexity index is 348. The second kappa shape index (κ2) is 6.72. The van der Waals surface area contributed by atoms with Crippen molar-refractivity contribution < 1.29 is 4.39 Å². The van der Waals surface area contributed by atoms with E-state index in [1.807, 2.05) is 6.92 Å². The molecule has 2 nitrogen and oxygen atoms in total. The fourth-order valence-electron chi connectivity index (χ4n) is 2.03. The van der Waals surface area contributed by atoms with Gasteiger partial charge in [0, 0.05) is 6.04 Å². The van der Waals surface area contributed by atoms with Crippen LogP contribution in [0, 0.1) is 12.7 Å². The summed E-state index contributed by atoms with van der Waals surface area (Å²) in [4.78, 5) is 2.33. The second-order valence-electron chi connectivity index (χ2n) is 4.42. The molecule has 0 heterocycles. The molecule has 17 heavy (non-hydrogen) atoms. The van der Waals surface area contributed by atoms with Gasteiger partial charge in [-0.15, -0.1) is 0 Å². The maximum atomic E-state index is 13.2. The Morgan fingerprint density at radius 3 is 2.53 bits per heavy atom. The topological polar surface area (TPSA) is 29.3 Å². The minimum absolute atomic E-state index is 0.0775. The summed E-state index contributed by atoms with van der Waals surface area (Å²) in [5, 5.41) is 0. The molecule has 96 valence electrons. The summed E-state index contributed by atoms with van der Waals surface area (Å²) >= 11 is 0. The molecule has 0 aromatic heterocycles. The van der Waals surface area contributed by atoms with Gasteiger partial charge in [-0.3, -0.25) is 0 Å². The predicted octanol–water partition coefficient (Wildman–Crippen LogP) is 2.87. The third-order valence-electron chi connectivity index (χ3n) is 3.29. The SMILES string of the molecule is CCN(CC)CCC(N)c1cc(F)ccc1C. The molecule has 0 saturated carbocycles. The van der Waals surface area contributed by atoms with Crippen molar-refractivity contribution >= 4 is 0 Å². The first-order valence-corrected chi connectivity index (χ1v) is 6.32. The molecule has 0 radical (unpaired) electrons. The van der Waals surface area contributed by atoms with Crippen molar-refractivity contribution in [2.75, 3.05) is 19.6 Å². The van der Waals surface area contributed by atoms with Crippen LogP contribution in [0.1, 0.15) is 37.4 Å². The average molecular weight is 238 g/mol. The van der Waals surface area contributed by atoms with Gasteiger partial charge < -0.3 is 10.6 Å². The van der Waals surface area contributed by atoms with Crippen LogP contribution in [0.15, 0.2) is 18.2 Å². The monoisotopic (exact) mass is 238 g/mol. The average Bonchev–Trinajstić information content (AvgIpc) is 2.33. The molecule has 1 unspecified atom stereocenters. The number of hydrogen-bond acceptors (Lipinski definition) is 2. The Hall–Kier alpha value is -0.930. The molecular formula is C14H23FN2. The van der Waals surface area contributed by atoms with E-state index in [1.165, 1.54) is 6.07 Å². The van der Waals surface area contributed by atoms with E-state index in [-0.39, 0.29) is 11.9 Å². The normalized spacial score (nSPS) is 13.1. The molecule has 0 spiro atoms. The van der Waals surface area contributed by atoms with Crippen molar-refractivity contribution in [2.24, 2.45) is 5.73 Å². The lowest BCUT2D eigenvalue weighted by Crippen LogP contribution is -2.27. The molecule has 1 aromatic rings. The highest BCUT2D eigenvalue weighted by molar-refractivity contribution is 5.29. The smallest absolute Gasteiger partial charge is 0.123 e. The number of hydrogen-bond donors (Lipinski definition) is 1. The van der Waals surface area contributed by atoms with Gasteiger partial charge >= 0.3 is 0 Å². The molecule has 1 atom stereocenters. The van der Waals surface area contributed by atoms with Gasteiger partial charge in [-0.25, -0.2) is 4.39 Å². The van der Waals surface area contributed by atoms with E-state index >= 15 is 0 Å². The summed E-state index contributed by atoms with van der Waals surface area (Å²) in [5.74, 6) is -0.205. The van der Waals surface area contributed by atoms with Gasteiger partial charge in [-0.1, -0.05) is 19.9 Å². The number of rotatable bonds is 6. The van der Waals surface area contributed by atoms with Gasteiger partial charge in [0.1, 0.15) is 5.82 Å². The highest BCUT2D eigenvalue weighted by atomic mass is 19.1. The molecule has 0 saturated heterocycles. The van der Waals surface area contributed by atoms with Crippen molar-refractivity contribution in [3.8, 4) is 0 Å². The van der Waals surface area contributed by atoms with E-state index in [4.69, 9.17) is 5.73 Å². The van der Waals surface area contributed by atoms with Crippen LogP contribution in [0.25, 0.3) is 0 Å². The third kappa shape index (κ3) is 4.10. The summed E-state index contributed by atoms with van der Waals surface area (Å²) in [6.45, 7) is 9.29. The molecule has 0 fully saturated rings. The number of aryl methyl sites for hydroxylation is 1. The minimum atomic E-state index is -0.205. The molecule has 1 aromatic carbocycles. The second-order valence-corrected chi connectivity index (χ2v) is 4.42. The van der Waals surface area contributed by atoms with Gasteiger partial charge in [0.2, 0.25) is 0 Å². The van der Waals surface area contributed by atoms with Gasteiger partial charge in [-0.2, -0.15) is 0 Å². The van der Waals surface area contributed by atoms with E-state index in [9.17, 15) is 4.39 Å². The molecular weight excluding hydrogens is 215 g/mol. The Balaban J connectivity index is 2.63. The Morgan fingerprint density at radius 2 is 1.94 bits per heavy atom. The van der Waals surface area contributed by atoms with E-state index < -0.39 is 0 Å². The lowest BCUT2D eigenvalue weighted by molar-refractivity contribution is 0.290.